The molecular weight excluding hydrogens is 206 g/mol. The average molecular weight is 225 g/mol. The van der Waals surface area contributed by atoms with Crippen LogP contribution in [-0.4, -0.2) is 29.0 Å². The molecule has 0 atom stereocenters. The third kappa shape index (κ3) is 3.76. The first-order valence-electron chi connectivity index (χ1n) is 6.00. The number of carbonyl (C=O) groups is 3. The Morgan fingerprint density at radius 1 is 1.12 bits per heavy atom. The summed E-state index contributed by atoms with van der Waals surface area (Å²) in [7, 11) is 0. The van der Waals surface area contributed by atoms with E-state index in [1.165, 1.54) is 0 Å². The number of carbonyl (C=O) groups excluding carboxylic acids is 3. The van der Waals surface area contributed by atoms with Gasteiger partial charge in [0.1, 0.15) is 0 Å². The van der Waals surface area contributed by atoms with Crippen molar-refractivity contribution in [3.63, 3.8) is 0 Å². The van der Waals surface area contributed by atoms with Crippen molar-refractivity contribution in [3.05, 3.63) is 0 Å². The van der Waals surface area contributed by atoms with Crippen LogP contribution in [0.3, 0.4) is 0 Å². The topological polar surface area (TPSA) is 54.5 Å². The van der Waals surface area contributed by atoms with Crippen LogP contribution < -0.4 is 0 Å². The summed E-state index contributed by atoms with van der Waals surface area (Å²) in [5, 5.41) is 0. The van der Waals surface area contributed by atoms with Gasteiger partial charge in [-0.15, -0.1) is 0 Å². The van der Waals surface area contributed by atoms with Crippen LogP contribution in [0.25, 0.3) is 0 Å². The van der Waals surface area contributed by atoms with Gasteiger partial charge in [-0.05, 0) is 6.42 Å². The van der Waals surface area contributed by atoms with E-state index in [-0.39, 0.29) is 37.0 Å². The fourth-order valence-corrected chi connectivity index (χ4v) is 1.80. The number of hydrogen-bond acceptors (Lipinski definition) is 3. The monoisotopic (exact) mass is 225 g/mol. The molecule has 2 amide bonds. The SMILES string of the molecule is CCCCCCC(=O)CN1C(=O)CCC1=O. The van der Waals surface area contributed by atoms with Crippen molar-refractivity contribution in [2.75, 3.05) is 6.54 Å². The fraction of sp³-hybridized carbons (Fsp3) is 0.750. The third-order valence-corrected chi connectivity index (χ3v) is 2.80. The van der Waals surface area contributed by atoms with E-state index in [9.17, 15) is 14.4 Å². The van der Waals surface area contributed by atoms with E-state index >= 15 is 0 Å². The molecule has 0 aromatic rings. The highest BCUT2D eigenvalue weighted by atomic mass is 16.2. The van der Waals surface area contributed by atoms with Crippen molar-refractivity contribution >= 4 is 17.6 Å². The smallest absolute Gasteiger partial charge is 0.230 e. The lowest BCUT2D eigenvalue weighted by Gasteiger charge is -2.12. The van der Waals surface area contributed by atoms with Gasteiger partial charge in [0.05, 0.1) is 6.54 Å². The second-order valence-corrected chi connectivity index (χ2v) is 4.22. The van der Waals surface area contributed by atoms with E-state index in [2.05, 4.69) is 6.92 Å². The van der Waals surface area contributed by atoms with Gasteiger partial charge in [0.15, 0.2) is 5.78 Å². The van der Waals surface area contributed by atoms with Gasteiger partial charge in [0.2, 0.25) is 11.8 Å². The molecule has 0 spiro atoms. The Hall–Kier alpha value is -1.19. The van der Waals surface area contributed by atoms with Crippen LogP contribution in [0.5, 0.6) is 0 Å². The van der Waals surface area contributed by atoms with E-state index in [0.717, 1.165) is 30.6 Å². The molecule has 90 valence electrons. The molecule has 0 aromatic carbocycles. The highest BCUT2D eigenvalue weighted by Crippen LogP contribution is 2.12. The standard InChI is InChI=1S/C12H19NO3/c1-2-3-4-5-6-10(14)9-13-11(15)7-8-12(13)16/h2-9H2,1H3. The maximum atomic E-state index is 11.5. The van der Waals surface area contributed by atoms with Crippen LogP contribution in [-0.2, 0) is 14.4 Å². The summed E-state index contributed by atoms with van der Waals surface area (Å²) in [5.74, 6) is -0.404. The number of nitrogens with zero attached hydrogens (tertiary/aromatic N) is 1. The minimum absolute atomic E-state index is 0.000275. The molecule has 0 aromatic heterocycles. The summed E-state index contributed by atoms with van der Waals surface area (Å²) < 4.78 is 0. The van der Waals surface area contributed by atoms with Crippen molar-refractivity contribution in [1.82, 2.24) is 4.90 Å². The molecule has 0 saturated carbocycles. The predicted octanol–water partition coefficient (Wildman–Crippen LogP) is 1.67. The Morgan fingerprint density at radius 2 is 1.75 bits per heavy atom. The van der Waals surface area contributed by atoms with Crippen molar-refractivity contribution in [2.45, 2.75) is 51.9 Å². The lowest BCUT2D eigenvalue weighted by Crippen LogP contribution is -2.34. The van der Waals surface area contributed by atoms with Crippen LogP contribution in [0.2, 0.25) is 0 Å². The van der Waals surface area contributed by atoms with Gasteiger partial charge in [-0.25, -0.2) is 0 Å². The maximum Gasteiger partial charge on any atom is 0.230 e. The van der Waals surface area contributed by atoms with Gasteiger partial charge in [0.25, 0.3) is 0 Å². The molecule has 1 heterocycles. The van der Waals surface area contributed by atoms with Crippen LogP contribution in [0.1, 0.15) is 51.9 Å². The molecule has 1 rings (SSSR count). The molecule has 16 heavy (non-hydrogen) atoms. The zero-order chi connectivity index (χ0) is 12.0. The molecule has 0 bridgehead atoms. The Balaban J connectivity index is 2.23. The predicted molar refractivity (Wildman–Crippen MR) is 59.7 cm³/mol. The molecule has 1 fully saturated rings. The van der Waals surface area contributed by atoms with E-state index in [0.29, 0.717) is 6.42 Å². The first-order valence-corrected chi connectivity index (χ1v) is 6.00. The first kappa shape index (κ1) is 12.9. The molecule has 1 saturated heterocycles. The Kier molecular flexibility index (Phi) is 5.15. The van der Waals surface area contributed by atoms with Crippen molar-refractivity contribution in [3.8, 4) is 0 Å². The van der Waals surface area contributed by atoms with E-state index in [1.54, 1.807) is 0 Å². The molecule has 0 aliphatic carbocycles. The number of hydrogen-bond donors (Lipinski definition) is 0. The number of Topliss-reactive ketones (excluding diaryl/α,β-unsaturated/α-hetero) is 1. The van der Waals surface area contributed by atoms with Crippen molar-refractivity contribution in [1.29, 1.82) is 0 Å². The number of rotatable bonds is 7. The maximum absolute atomic E-state index is 11.5. The molecular formula is C12H19NO3. The van der Waals surface area contributed by atoms with Gasteiger partial charge in [-0.1, -0.05) is 26.2 Å². The summed E-state index contributed by atoms with van der Waals surface area (Å²) >= 11 is 0. The fourth-order valence-electron chi connectivity index (χ4n) is 1.80. The molecule has 0 N–H and O–H groups in total. The highest BCUT2D eigenvalue weighted by molar-refractivity contribution is 6.04. The summed E-state index contributed by atoms with van der Waals surface area (Å²) in [6, 6.07) is 0. The normalized spacial score (nSPS) is 15.9. The van der Waals surface area contributed by atoms with Gasteiger partial charge < -0.3 is 0 Å². The average Bonchev–Trinajstić information content (AvgIpc) is 2.56. The molecule has 1 aliphatic rings. The van der Waals surface area contributed by atoms with Crippen LogP contribution >= 0.6 is 0 Å². The Bertz CT molecular complexity index is 270. The largest absolute Gasteiger partial charge is 0.298 e. The zero-order valence-electron chi connectivity index (χ0n) is 9.83. The summed E-state index contributed by atoms with van der Waals surface area (Å²) in [4.78, 5) is 35.1. The van der Waals surface area contributed by atoms with Crippen LogP contribution in [0.15, 0.2) is 0 Å². The van der Waals surface area contributed by atoms with E-state index < -0.39 is 0 Å². The number of imide groups is 1. The number of unbranched alkanes of at least 4 members (excludes halogenated alkanes) is 3. The zero-order valence-corrected chi connectivity index (χ0v) is 9.83. The summed E-state index contributed by atoms with van der Waals surface area (Å²) in [6.07, 6.45) is 5.19. The molecule has 0 unspecified atom stereocenters. The van der Waals surface area contributed by atoms with Gasteiger partial charge in [0, 0.05) is 19.3 Å². The minimum Gasteiger partial charge on any atom is -0.298 e. The second-order valence-electron chi connectivity index (χ2n) is 4.22. The second kappa shape index (κ2) is 6.40. The number of amides is 2. The summed E-state index contributed by atoms with van der Waals surface area (Å²) in [6.45, 7) is 2.10. The first-order chi connectivity index (χ1) is 7.65. The highest BCUT2D eigenvalue weighted by Gasteiger charge is 2.29. The molecule has 4 heteroatoms. The number of ketones is 1. The minimum atomic E-state index is -0.202. The van der Waals surface area contributed by atoms with Gasteiger partial charge in [-0.3, -0.25) is 19.3 Å². The van der Waals surface area contributed by atoms with Gasteiger partial charge in [-0.2, -0.15) is 0 Å². The van der Waals surface area contributed by atoms with Crippen molar-refractivity contribution < 1.29 is 14.4 Å². The van der Waals surface area contributed by atoms with E-state index in [1.807, 2.05) is 0 Å². The molecule has 4 nitrogen and oxygen atoms in total. The molecule has 0 radical (unpaired) electrons. The van der Waals surface area contributed by atoms with Crippen molar-refractivity contribution in [2.24, 2.45) is 0 Å². The lowest BCUT2D eigenvalue weighted by molar-refractivity contribution is -0.141. The molecule has 1 aliphatic heterocycles. The van der Waals surface area contributed by atoms with Gasteiger partial charge >= 0.3 is 0 Å². The Labute approximate surface area is 96.0 Å². The van der Waals surface area contributed by atoms with Crippen LogP contribution in [0.4, 0.5) is 0 Å². The lowest BCUT2D eigenvalue weighted by atomic mass is 10.1. The quantitative estimate of drug-likeness (QED) is 0.489. The summed E-state index contributed by atoms with van der Waals surface area (Å²) in [5.41, 5.74) is 0. The van der Waals surface area contributed by atoms with Crippen LogP contribution in [0, 0.1) is 0 Å². The third-order valence-electron chi connectivity index (χ3n) is 2.80. The Morgan fingerprint density at radius 3 is 2.31 bits per heavy atom. The van der Waals surface area contributed by atoms with E-state index in [4.69, 9.17) is 0 Å². The number of likely N-dealkylation sites (tertiary alicyclic amines) is 1.